The molecule has 4 rings (SSSR count). The van der Waals surface area contributed by atoms with Crippen LogP contribution in [0.15, 0.2) is 39.6 Å². The van der Waals surface area contributed by atoms with Crippen LogP contribution in [0.25, 0.3) is 21.9 Å². The molecule has 1 fully saturated rings. The minimum Gasteiger partial charge on any atom is -0.464 e. The van der Waals surface area contributed by atoms with Crippen LogP contribution in [-0.2, 0) is 5.54 Å². The summed E-state index contributed by atoms with van der Waals surface area (Å²) < 4.78 is 11.0. The van der Waals surface area contributed by atoms with Crippen LogP contribution < -0.4 is 5.73 Å². The van der Waals surface area contributed by atoms with Gasteiger partial charge in [-0.15, -0.1) is 0 Å². The molecule has 1 aliphatic carbocycles. The second-order valence-electron chi connectivity index (χ2n) is 4.58. The first-order valence-electron chi connectivity index (χ1n) is 5.45. The lowest BCUT2D eigenvalue weighted by Gasteiger charge is -2.10. The van der Waals surface area contributed by atoms with Crippen molar-refractivity contribution < 1.29 is 8.83 Å². The van der Waals surface area contributed by atoms with E-state index in [9.17, 15) is 0 Å². The second-order valence-corrected chi connectivity index (χ2v) is 4.58. The van der Waals surface area contributed by atoms with Crippen LogP contribution in [0.4, 0.5) is 0 Å². The fourth-order valence-corrected chi connectivity index (χ4v) is 2.42. The largest absolute Gasteiger partial charge is 0.464 e. The number of rotatable bonds is 1. The van der Waals surface area contributed by atoms with Gasteiger partial charge in [-0.2, -0.15) is 0 Å². The van der Waals surface area contributed by atoms with Crippen LogP contribution >= 0.6 is 0 Å². The van der Waals surface area contributed by atoms with E-state index in [1.165, 1.54) is 0 Å². The molecular formula is C13H11NO2. The molecule has 3 heteroatoms. The van der Waals surface area contributed by atoms with Gasteiger partial charge in [-0.3, -0.25) is 0 Å². The van der Waals surface area contributed by atoms with Gasteiger partial charge in [0.05, 0.1) is 12.5 Å². The molecule has 0 aliphatic heterocycles. The van der Waals surface area contributed by atoms with E-state index < -0.39 is 0 Å². The normalized spacial score (nSPS) is 18.3. The molecule has 0 unspecified atom stereocenters. The van der Waals surface area contributed by atoms with Gasteiger partial charge in [0.1, 0.15) is 11.2 Å². The van der Waals surface area contributed by atoms with Crippen molar-refractivity contribution in [3.63, 3.8) is 0 Å². The third-order valence-corrected chi connectivity index (χ3v) is 3.46. The minimum absolute atomic E-state index is 0.209. The molecule has 0 bridgehead atoms. The molecule has 0 spiro atoms. The van der Waals surface area contributed by atoms with Gasteiger partial charge in [0.15, 0.2) is 0 Å². The average molecular weight is 213 g/mol. The van der Waals surface area contributed by atoms with E-state index in [4.69, 9.17) is 14.6 Å². The summed E-state index contributed by atoms with van der Waals surface area (Å²) in [6.45, 7) is 0. The molecule has 0 radical (unpaired) electrons. The van der Waals surface area contributed by atoms with Crippen molar-refractivity contribution in [1.29, 1.82) is 0 Å². The second kappa shape index (κ2) is 2.50. The van der Waals surface area contributed by atoms with Gasteiger partial charge < -0.3 is 14.6 Å². The molecule has 2 aromatic heterocycles. The van der Waals surface area contributed by atoms with E-state index in [1.807, 2.05) is 18.2 Å². The van der Waals surface area contributed by atoms with Gasteiger partial charge in [0.2, 0.25) is 0 Å². The van der Waals surface area contributed by atoms with Crippen LogP contribution in [0, 0.1) is 0 Å². The Labute approximate surface area is 91.8 Å². The maximum absolute atomic E-state index is 6.32. The summed E-state index contributed by atoms with van der Waals surface area (Å²) in [7, 11) is 0. The van der Waals surface area contributed by atoms with Gasteiger partial charge in [-0.1, -0.05) is 0 Å². The molecule has 1 aliphatic rings. The van der Waals surface area contributed by atoms with Gasteiger partial charge in [-0.05, 0) is 31.0 Å². The zero-order valence-electron chi connectivity index (χ0n) is 8.69. The summed E-state index contributed by atoms with van der Waals surface area (Å²) in [5.74, 6) is 0. The molecule has 80 valence electrons. The monoisotopic (exact) mass is 213 g/mol. The lowest BCUT2D eigenvalue weighted by atomic mass is 9.99. The molecule has 16 heavy (non-hydrogen) atoms. The summed E-state index contributed by atoms with van der Waals surface area (Å²) >= 11 is 0. The Hall–Kier alpha value is -1.74. The maximum atomic E-state index is 6.32. The molecule has 3 nitrogen and oxygen atoms in total. The van der Waals surface area contributed by atoms with E-state index in [2.05, 4.69) is 0 Å². The number of benzene rings is 1. The Morgan fingerprint density at radius 3 is 2.75 bits per heavy atom. The van der Waals surface area contributed by atoms with E-state index >= 15 is 0 Å². The van der Waals surface area contributed by atoms with Crippen molar-refractivity contribution in [3.05, 3.63) is 36.3 Å². The SMILES string of the molecule is NC1(c2c3ccoc3cc3ccoc23)CC1. The molecule has 3 aromatic rings. The first kappa shape index (κ1) is 8.42. The molecule has 0 atom stereocenters. The smallest absolute Gasteiger partial charge is 0.139 e. The third kappa shape index (κ3) is 0.913. The number of furan rings is 2. The van der Waals surface area contributed by atoms with Gasteiger partial charge >= 0.3 is 0 Å². The summed E-state index contributed by atoms with van der Waals surface area (Å²) in [6.07, 6.45) is 5.46. The van der Waals surface area contributed by atoms with Crippen molar-refractivity contribution in [2.24, 2.45) is 5.73 Å². The highest BCUT2D eigenvalue weighted by Gasteiger charge is 2.43. The third-order valence-electron chi connectivity index (χ3n) is 3.46. The fourth-order valence-electron chi connectivity index (χ4n) is 2.42. The van der Waals surface area contributed by atoms with Gasteiger partial charge in [0.25, 0.3) is 0 Å². The zero-order valence-corrected chi connectivity index (χ0v) is 8.69. The first-order chi connectivity index (χ1) is 7.78. The van der Waals surface area contributed by atoms with Gasteiger partial charge in [-0.25, -0.2) is 0 Å². The number of hydrogen-bond acceptors (Lipinski definition) is 3. The Bertz CT molecular complexity index is 639. The van der Waals surface area contributed by atoms with Crippen LogP contribution in [0.5, 0.6) is 0 Å². The molecule has 1 saturated carbocycles. The van der Waals surface area contributed by atoms with Crippen LogP contribution in [0.1, 0.15) is 18.4 Å². The lowest BCUT2D eigenvalue weighted by Crippen LogP contribution is -2.19. The first-order valence-corrected chi connectivity index (χ1v) is 5.45. The van der Waals surface area contributed by atoms with Crippen molar-refractivity contribution in [2.75, 3.05) is 0 Å². The van der Waals surface area contributed by atoms with Gasteiger partial charge in [0, 0.05) is 21.9 Å². The number of fused-ring (bicyclic) bond motifs is 2. The van der Waals surface area contributed by atoms with Crippen LogP contribution in [0.2, 0.25) is 0 Å². The predicted molar refractivity (Wildman–Crippen MR) is 61.1 cm³/mol. The van der Waals surface area contributed by atoms with E-state index in [1.54, 1.807) is 12.5 Å². The quantitative estimate of drug-likeness (QED) is 0.675. The predicted octanol–water partition coefficient (Wildman–Crippen LogP) is 3.13. The summed E-state index contributed by atoms with van der Waals surface area (Å²) in [4.78, 5) is 0. The molecule has 1 aromatic carbocycles. The Kier molecular flexibility index (Phi) is 1.31. The minimum atomic E-state index is -0.209. The van der Waals surface area contributed by atoms with Crippen molar-refractivity contribution in [3.8, 4) is 0 Å². The Morgan fingerprint density at radius 1 is 1.12 bits per heavy atom. The van der Waals surface area contributed by atoms with E-state index in [-0.39, 0.29) is 5.54 Å². The Morgan fingerprint density at radius 2 is 1.94 bits per heavy atom. The van der Waals surface area contributed by atoms with E-state index in [0.717, 1.165) is 40.3 Å². The highest BCUT2D eigenvalue weighted by Crippen LogP contribution is 2.48. The lowest BCUT2D eigenvalue weighted by molar-refractivity contribution is 0.599. The zero-order chi connectivity index (χ0) is 10.8. The van der Waals surface area contributed by atoms with Crippen LogP contribution in [-0.4, -0.2) is 0 Å². The topological polar surface area (TPSA) is 52.3 Å². The molecular weight excluding hydrogens is 202 g/mol. The average Bonchev–Trinajstić information content (AvgIpc) is 2.72. The number of nitrogens with two attached hydrogens (primary N) is 1. The highest BCUT2D eigenvalue weighted by atomic mass is 16.3. The molecule has 0 saturated heterocycles. The maximum Gasteiger partial charge on any atom is 0.139 e. The van der Waals surface area contributed by atoms with Crippen molar-refractivity contribution in [1.82, 2.24) is 0 Å². The summed E-state index contributed by atoms with van der Waals surface area (Å²) in [6, 6.07) is 5.93. The summed E-state index contributed by atoms with van der Waals surface area (Å²) in [5, 5.41) is 2.15. The van der Waals surface area contributed by atoms with Crippen molar-refractivity contribution >= 4 is 21.9 Å². The standard InChI is InChI=1S/C13H11NO2/c14-13(3-4-13)11-9-2-6-15-10(9)7-8-1-5-16-12(8)11/h1-2,5-7H,3-4,14H2. The number of hydrogen-bond donors (Lipinski definition) is 1. The molecule has 0 amide bonds. The van der Waals surface area contributed by atoms with Crippen molar-refractivity contribution in [2.45, 2.75) is 18.4 Å². The fraction of sp³-hybridized carbons (Fsp3) is 0.231. The molecule has 2 N–H and O–H groups in total. The highest BCUT2D eigenvalue weighted by molar-refractivity contribution is 5.98. The van der Waals surface area contributed by atoms with E-state index in [0.29, 0.717) is 0 Å². The molecule has 2 heterocycles. The van der Waals surface area contributed by atoms with Crippen LogP contribution in [0.3, 0.4) is 0 Å². The Balaban J connectivity index is 2.26. The summed E-state index contributed by atoms with van der Waals surface area (Å²) in [5.41, 5.74) is 9.02.